The molecule has 0 aromatic heterocycles. The first-order valence-corrected chi connectivity index (χ1v) is 7.90. The predicted molar refractivity (Wildman–Crippen MR) is 85.6 cm³/mol. The highest BCUT2D eigenvalue weighted by Gasteiger charge is 2.26. The van der Waals surface area contributed by atoms with Crippen molar-refractivity contribution in [3.63, 3.8) is 0 Å². The smallest absolute Gasteiger partial charge is 0.255 e. The van der Waals surface area contributed by atoms with Gasteiger partial charge in [0.25, 0.3) is 5.91 Å². The van der Waals surface area contributed by atoms with Gasteiger partial charge in [-0.05, 0) is 37.9 Å². The van der Waals surface area contributed by atoms with Crippen LogP contribution in [0.15, 0.2) is 12.1 Å². The van der Waals surface area contributed by atoms with Gasteiger partial charge in [-0.2, -0.15) is 0 Å². The number of carbonyl (C=O) groups excluding carboxylic acids is 1. The third kappa shape index (κ3) is 3.62. The number of carbonyl (C=O) groups is 1. The topological polar surface area (TPSA) is 50.4 Å². The molecule has 2 N–H and O–H groups in total. The van der Waals surface area contributed by atoms with Crippen molar-refractivity contribution >= 4 is 29.1 Å². The average Bonchev–Trinajstić information content (AvgIpc) is 3.01. The lowest BCUT2D eigenvalue weighted by Gasteiger charge is -2.24. The van der Waals surface area contributed by atoms with Crippen LogP contribution in [0.3, 0.4) is 0 Å². The number of halogens is 2. The number of ether oxygens (including phenoxy) is 1. The highest BCUT2D eigenvalue weighted by molar-refractivity contribution is 6.43. The summed E-state index contributed by atoms with van der Waals surface area (Å²) in [5, 5.41) is 7.12. The number of nitrogens with one attached hydrogen (secondary N) is 2. The number of hydrogen-bond acceptors (Lipinski definition) is 3. The van der Waals surface area contributed by atoms with Gasteiger partial charge < -0.3 is 15.4 Å². The summed E-state index contributed by atoms with van der Waals surface area (Å²) in [5.41, 5.74) is 0.406. The van der Waals surface area contributed by atoms with E-state index in [1.54, 1.807) is 12.1 Å². The number of amides is 1. The molecule has 1 aromatic carbocycles. The molecule has 1 aliphatic rings. The van der Waals surface area contributed by atoms with Crippen LogP contribution in [0.4, 0.5) is 0 Å². The maximum absolute atomic E-state index is 12.5. The van der Waals surface area contributed by atoms with Crippen molar-refractivity contribution in [3.05, 3.63) is 27.7 Å². The lowest BCUT2D eigenvalue weighted by atomic mass is 10.0. The zero-order chi connectivity index (χ0) is 15.4. The van der Waals surface area contributed by atoms with Gasteiger partial charge in [-0.1, -0.05) is 30.1 Å². The van der Waals surface area contributed by atoms with Crippen molar-refractivity contribution < 1.29 is 9.53 Å². The van der Waals surface area contributed by atoms with Gasteiger partial charge in [0.1, 0.15) is 5.02 Å². The molecule has 1 saturated heterocycles. The summed E-state index contributed by atoms with van der Waals surface area (Å²) >= 11 is 12.0. The molecule has 0 aliphatic carbocycles. The van der Waals surface area contributed by atoms with E-state index in [1.807, 2.05) is 0 Å². The van der Waals surface area contributed by atoms with Crippen LogP contribution in [0.1, 0.15) is 36.5 Å². The van der Waals surface area contributed by atoms with E-state index in [0.717, 1.165) is 25.8 Å². The molecule has 2 rings (SSSR count). The van der Waals surface area contributed by atoms with Crippen molar-refractivity contribution in [2.24, 2.45) is 0 Å². The minimum atomic E-state index is -0.189. The molecule has 2 atom stereocenters. The second-order valence-electron chi connectivity index (χ2n) is 5.13. The van der Waals surface area contributed by atoms with Gasteiger partial charge in [0.2, 0.25) is 0 Å². The number of methoxy groups -OCH3 is 1. The van der Waals surface area contributed by atoms with E-state index in [1.165, 1.54) is 7.11 Å². The summed E-state index contributed by atoms with van der Waals surface area (Å²) in [6, 6.07) is 3.67. The molecule has 6 heteroatoms. The molecule has 1 amide bonds. The van der Waals surface area contributed by atoms with Crippen LogP contribution < -0.4 is 15.4 Å². The Morgan fingerprint density at radius 3 is 2.86 bits per heavy atom. The van der Waals surface area contributed by atoms with E-state index >= 15 is 0 Å². The molecule has 0 radical (unpaired) electrons. The van der Waals surface area contributed by atoms with Crippen LogP contribution in [0.5, 0.6) is 5.75 Å². The first kappa shape index (κ1) is 16.4. The Hall–Kier alpha value is -0.970. The average molecular weight is 331 g/mol. The van der Waals surface area contributed by atoms with Gasteiger partial charge in [-0.15, -0.1) is 0 Å². The van der Waals surface area contributed by atoms with Gasteiger partial charge in [-0.3, -0.25) is 4.79 Å². The zero-order valence-electron chi connectivity index (χ0n) is 12.2. The molecule has 1 aliphatic heterocycles. The number of hydrogen-bond donors (Lipinski definition) is 2. The third-order valence-electron chi connectivity index (χ3n) is 3.84. The zero-order valence-corrected chi connectivity index (χ0v) is 13.7. The lowest BCUT2D eigenvalue weighted by molar-refractivity contribution is 0.0924. The first-order chi connectivity index (χ1) is 10.1. The Labute approximate surface area is 135 Å². The standard InChI is InChI=1S/C15H20Cl2N2O2/c1-3-11(12-5-4-8-18-12)19-15(20)9-6-7-10(16)13(17)14(9)21-2/h6-7,11-12,18H,3-5,8H2,1-2H3,(H,19,20). The van der Waals surface area contributed by atoms with Crippen LogP contribution in [-0.2, 0) is 0 Å². The van der Waals surface area contributed by atoms with E-state index in [2.05, 4.69) is 17.6 Å². The van der Waals surface area contributed by atoms with Gasteiger partial charge in [0.05, 0.1) is 17.7 Å². The Bertz CT molecular complexity index is 517. The van der Waals surface area contributed by atoms with E-state index in [0.29, 0.717) is 22.4 Å². The Kier molecular flexibility index (Phi) is 5.73. The summed E-state index contributed by atoms with van der Waals surface area (Å²) in [7, 11) is 1.48. The molecule has 4 nitrogen and oxygen atoms in total. The summed E-state index contributed by atoms with van der Waals surface area (Å²) in [5.74, 6) is 0.127. The molecule has 0 spiro atoms. The highest BCUT2D eigenvalue weighted by atomic mass is 35.5. The fraction of sp³-hybridized carbons (Fsp3) is 0.533. The van der Waals surface area contributed by atoms with Crippen LogP contribution in [0, 0.1) is 0 Å². The maximum atomic E-state index is 12.5. The maximum Gasteiger partial charge on any atom is 0.255 e. The van der Waals surface area contributed by atoms with Crippen molar-refractivity contribution in [3.8, 4) is 5.75 Å². The molecule has 1 aromatic rings. The molecule has 21 heavy (non-hydrogen) atoms. The SMILES string of the molecule is CCC(NC(=O)c1ccc(Cl)c(Cl)c1OC)C1CCCN1. The molecule has 116 valence electrons. The summed E-state index contributed by atoms with van der Waals surface area (Å²) in [4.78, 5) is 12.5. The minimum absolute atomic E-state index is 0.0964. The van der Waals surface area contributed by atoms with Crippen LogP contribution in [-0.4, -0.2) is 31.6 Å². The number of rotatable bonds is 5. The van der Waals surface area contributed by atoms with Crippen molar-refractivity contribution in [2.75, 3.05) is 13.7 Å². The first-order valence-electron chi connectivity index (χ1n) is 7.14. The molecule has 1 heterocycles. The molecule has 0 bridgehead atoms. The van der Waals surface area contributed by atoms with Gasteiger partial charge in [-0.25, -0.2) is 0 Å². The molecule has 1 fully saturated rings. The fourth-order valence-electron chi connectivity index (χ4n) is 2.70. The second-order valence-corrected chi connectivity index (χ2v) is 5.92. The third-order valence-corrected chi connectivity index (χ3v) is 4.63. The largest absolute Gasteiger partial charge is 0.494 e. The molecular formula is C15H20Cl2N2O2. The number of benzene rings is 1. The van der Waals surface area contributed by atoms with E-state index in [4.69, 9.17) is 27.9 Å². The van der Waals surface area contributed by atoms with Gasteiger partial charge >= 0.3 is 0 Å². The molecule has 0 saturated carbocycles. The van der Waals surface area contributed by atoms with E-state index in [9.17, 15) is 4.79 Å². The van der Waals surface area contributed by atoms with E-state index in [-0.39, 0.29) is 17.0 Å². The quantitative estimate of drug-likeness (QED) is 0.871. The van der Waals surface area contributed by atoms with Gasteiger partial charge in [0, 0.05) is 12.1 Å². The van der Waals surface area contributed by atoms with Crippen LogP contribution in [0.25, 0.3) is 0 Å². The Morgan fingerprint density at radius 1 is 1.52 bits per heavy atom. The summed E-state index contributed by atoms with van der Waals surface area (Å²) in [6.07, 6.45) is 3.09. The second kappa shape index (κ2) is 7.34. The predicted octanol–water partition coefficient (Wildman–Crippen LogP) is 3.26. The van der Waals surface area contributed by atoms with Crippen molar-refractivity contribution in [2.45, 2.75) is 38.3 Å². The summed E-state index contributed by atoms with van der Waals surface area (Å²) < 4.78 is 5.23. The van der Waals surface area contributed by atoms with Crippen LogP contribution >= 0.6 is 23.2 Å². The Morgan fingerprint density at radius 2 is 2.29 bits per heavy atom. The van der Waals surface area contributed by atoms with Gasteiger partial charge in [0.15, 0.2) is 5.75 Å². The van der Waals surface area contributed by atoms with Crippen LogP contribution in [0.2, 0.25) is 10.0 Å². The Balaban J connectivity index is 2.17. The highest BCUT2D eigenvalue weighted by Crippen LogP contribution is 2.35. The van der Waals surface area contributed by atoms with Crippen molar-refractivity contribution in [1.29, 1.82) is 0 Å². The molecule has 2 unspecified atom stereocenters. The minimum Gasteiger partial charge on any atom is -0.494 e. The van der Waals surface area contributed by atoms with E-state index < -0.39 is 0 Å². The molecular weight excluding hydrogens is 311 g/mol. The normalized spacial score (nSPS) is 19.3. The lowest BCUT2D eigenvalue weighted by Crippen LogP contribution is -2.47. The summed E-state index contributed by atoms with van der Waals surface area (Å²) in [6.45, 7) is 3.07. The van der Waals surface area contributed by atoms with Crippen molar-refractivity contribution in [1.82, 2.24) is 10.6 Å². The fourth-order valence-corrected chi connectivity index (χ4v) is 3.09. The monoisotopic (exact) mass is 330 g/mol.